The van der Waals surface area contributed by atoms with E-state index in [0.29, 0.717) is 23.7 Å². The molecule has 0 heterocycles. The first-order valence-corrected chi connectivity index (χ1v) is 7.60. The van der Waals surface area contributed by atoms with E-state index in [1.807, 2.05) is 18.2 Å². The first-order valence-electron chi connectivity index (χ1n) is 6.80. The molecule has 0 amide bonds. The molecule has 0 atom stereocenters. The molecule has 122 valence electrons. The summed E-state index contributed by atoms with van der Waals surface area (Å²) in [5.74, 6) is 1.30. The molecule has 23 heavy (non-hydrogen) atoms. The summed E-state index contributed by atoms with van der Waals surface area (Å²) in [5, 5.41) is 0. The van der Waals surface area contributed by atoms with E-state index in [9.17, 15) is 4.79 Å². The molecule has 5 nitrogen and oxygen atoms in total. The second-order valence-electron chi connectivity index (χ2n) is 4.60. The van der Waals surface area contributed by atoms with Crippen molar-refractivity contribution in [2.24, 2.45) is 0 Å². The number of hydrogen-bond acceptors (Lipinski definition) is 5. The molecule has 0 bridgehead atoms. The maximum atomic E-state index is 11.6. The molecule has 0 aliphatic rings. The molecule has 2 aromatic rings. The predicted molar refractivity (Wildman–Crippen MR) is 89.4 cm³/mol. The Morgan fingerprint density at radius 3 is 2.30 bits per heavy atom. The Kier molecular flexibility index (Phi) is 5.87. The van der Waals surface area contributed by atoms with Crippen LogP contribution in [0.1, 0.15) is 15.9 Å². The van der Waals surface area contributed by atoms with Gasteiger partial charge in [-0.1, -0.05) is 15.9 Å². The van der Waals surface area contributed by atoms with Crippen molar-refractivity contribution in [2.75, 3.05) is 21.3 Å². The molecular weight excluding hydrogens is 364 g/mol. The third-order valence-electron chi connectivity index (χ3n) is 3.21. The largest absolute Gasteiger partial charge is 0.496 e. The molecule has 0 fully saturated rings. The third-order valence-corrected chi connectivity index (χ3v) is 3.70. The second kappa shape index (κ2) is 7.87. The summed E-state index contributed by atoms with van der Waals surface area (Å²) in [6.07, 6.45) is 0. The van der Waals surface area contributed by atoms with Crippen LogP contribution in [0.4, 0.5) is 0 Å². The minimum absolute atomic E-state index is 0.302. The van der Waals surface area contributed by atoms with Gasteiger partial charge >= 0.3 is 5.97 Å². The first-order chi connectivity index (χ1) is 11.1. The minimum Gasteiger partial charge on any atom is -0.496 e. The lowest BCUT2D eigenvalue weighted by Crippen LogP contribution is -2.04. The second-order valence-corrected chi connectivity index (χ2v) is 5.52. The molecule has 0 saturated heterocycles. The molecule has 0 aromatic heterocycles. The molecule has 2 aromatic carbocycles. The van der Waals surface area contributed by atoms with Gasteiger partial charge in [-0.25, -0.2) is 4.79 Å². The van der Waals surface area contributed by atoms with Gasteiger partial charge in [-0.15, -0.1) is 0 Å². The van der Waals surface area contributed by atoms with Gasteiger partial charge in [0.2, 0.25) is 0 Å². The van der Waals surface area contributed by atoms with E-state index >= 15 is 0 Å². The van der Waals surface area contributed by atoms with E-state index in [2.05, 4.69) is 15.9 Å². The van der Waals surface area contributed by atoms with Crippen molar-refractivity contribution in [1.82, 2.24) is 0 Å². The molecule has 0 unspecified atom stereocenters. The lowest BCUT2D eigenvalue weighted by molar-refractivity contribution is 0.0600. The van der Waals surface area contributed by atoms with Crippen molar-refractivity contribution in [1.29, 1.82) is 0 Å². The zero-order valence-electron chi connectivity index (χ0n) is 13.1. The Morgan fingerprint density at radius 1 is 0.957 bits per heavy atom. The normalized spacial score (nSPS) is 10.1. The number of carbonyl (C=O) groups excluding carboxylic acids is 1. The maximum absolute atomic E-state index is 11.6. The number of carbonyl (C=O) groups is 1. The van der Waals surface area contributed by atoms with E-state index in [1.165, 1.54) is 14.2 Å². The lowest BCUT2D eigenvalue weighted by Gasteiger charge is -2.13. The summed E-state index contributed by atoms with van der Waals surface area (Å²) in [6.45, 7) is 0.302. The highest BCUT2D eigenvalue weighted by atomic mass is 79.9. The number of esters is 1. The number of rotatable bonds is 6. The summed E-state index contributed by atoms with van der Waals surface area (Å²) in [7, 11) is 4.46. The topological polar surface area (TPSA) is 54.0 Å². The SMILES string of the molecule is COC(=O)c1ccc(OCc2cc(Br)ccc2OC)c(OC)c1. The van der Waals surface area contributed by atoms with Crippen LogP contribution in [0.5, 0.6) is 17.2 Å². The quantitative estimate of drug-likeness (QED) is 0.712. The number of hydrogen-bond donors (Lipinski definition) is 0. The highest BCUT2D eigenvalue weighted by molar-refractivity contribution is 9.10. The highest BCUT2D eigenvalue weighted by Gasteiger charge is 2.12. The van der Waals surface area contributed by atoms with Crippen molar-refractivity contribution < 1.29 is 23.7 Å². The van der Waals surface area contributed by atoms with Gasteiger partial charge in [0.1, 0.15) is 12.4 Å². The lowest BCUT2D eigenvalue weighted by atomic mass is 10.2. The first kappa shape index (κ1) is 17.1. The van der Waals surface area contributed by atoms with Crippen LogP contribution in [-0.2, 0) is 11.3 Å². The molecule has 2 rings (SSSR count). The van der Waals surface area contributed by atoms with Crippen LogP contribution in [0.3, 0.4) is 0 Å². The van der Waals surface area contributed by atoms with E-state index in [1.54, 1.807) is 25.3 Å². The van der Waals surface area contributed by atoms with Gasteiger partial charge in [0, 0.05) is 10.0 Å². The fraction of sp³-hybridized carbons (Fsp3) is 0.235. The Hall–Kier alpha value is -2.21. The van der Waals surface area contributed by atoms with Gasteiger partial charge in [0.15, 0.2) is 11.5 Å². The molecule has 0 radical (unpaired) electrons. The average molecular weight is 381 g/mol. The molecule has 0 saturated carbocycles. The monoisotopic (exact) mass is 380 g/mol. The number of ether oxygens (including phenoxy) is 4. The van der Waals surface area contributed by atoms with E-state index in [4.69, 9.17) is 18.9 Å². The van der Waals surface area contributed by atoms with Gasteiger partial charge in [-0.05, 0) is 36.4 Å². The van der Waals surface area contributed by atoms with Crippen LogP contribution < -0.4 is 14.2 Å². The van der Waals surface area contributed by atoms with Gasteiger partial charge in [-0.3, -0.25) is 0 Å². The average Bonchev–Trinajstić information content (AvgIpc) is 2.59. The number of halogens is 1. The molecular formula is C17H17BrO5. The molecule has 0 spiro atoms. The van der Waals surface area contributed by atoms with Crippen LogP contribution >= 0.6 is 15.9 Å². The molecule has 0 aliphatic heterocycles. The van der Waals surface area contributed by atoms with Crippen molar-refractivity contribution in [2.45, 2.75) is 6.61 Å². The molecule has 0 N–H and O–H groups in total. The fourth-order valence-electron chi connectivity index (χ4n) is 2.05. The van der Waals surface area contributed by atoms with E-state index in [0.717, 1.165) is 15.8 Å². The van der Waals surface area contributed by atoms with Crippen LogP contribution in [0, 0.1) is 0 Å². The number of benzene rings is 2. The number of methoxy groups -OCH3 is 3. The molecule has 6 heteroatoms. The maximum Gasteiger partial charge on any atom is 0.337 e. The summed E-state index contributed by atoms with van der Waals surface area (Å²) in [6, 6.07) is 10.6. The van der Waals surface area contributed by atoms with Crippen LogP contribution in [0.2, 0.25) is 0 Å². The smallest absolute Gasteiger partial charge is 0.337 e. The Balaban J connectivity index is 2.20. The Labute approximate surface area is 143 Å². The van der Waals surface area contributed by atoms with Crippen LogP contribution in [0.25, 0.3) is 0 Å². The zero-order chi connectivity index (χ0) is 16.8. The third kappa shape index (κ3) is 4.16. The van der Waals surface area contributed by atoms with Crippen LogP contribution in [-0.4, -0.2) is 27.3 Å². The summed E-state index contributed by atoms with van der Waals surface area (Å²) < 4.78 is 22.0. The van der Waals surface area contributed by atoms with Gasteiger partial charge < -0.3 is 18.9 Å². The molecule has 0 aliphatic carbocycles. The van der Waals surface area contributed by atoms with Crippen molar-refractivity contribution in [3.8, 4) is 17.2 Å². The van der Waals surface area contributed by atoms with Crippen LogP contribution in [0.15, 0.2) is 40.9 Å². The standard InChI is InChI=1S/C17H17BrO5/c1-20-14-7-5-13(18)8-12(14)10-23-15-6-4-11(17(19)22-3)9-16(15)21-2/h4-9H,10H2,1-3H3. The predicted octanol–water partition coefficient (Wildman–Crippen LogP) is 3.83. The Morgan fingerprint density at radius 2 is 1.65 bits per heavy atom. The van der Waals surface area contributed by atoms with Crippen molar-refractivity contribution >= 4 is 21.9 Å². The minimum atomic E-state index is -0.427. The van der Waals surface area contributed by atoms with Crippen molar-refractivity contribution in [3.63, 3.8) is 0 Å². The zero-order valence-corrected chi connectivity index (χ0v) is 14.7. The van der Waals surface area contributed by atoms with Gasteiger partial charge in [0.25, 0.3) is 0 Å². The fourth-order valence-corrected chi connectivity index (χ4v) is 2.46. The van der Waals surface area contributed by atoms with E-state index in [-0.39, 0.29) is 0 Å². The van der Waals surface area contributed by atoms with Gasteiger partial charge in [0.05, 0.1) is 26.9 Å². The highest BCUT2D eigenvalue weighted by Crippen LogP contribution is 2.31. The summed E-state index contributed by atoms with van der Waals surface area (Å²) in [4.78, 5) is 11.6. The van der Waals surface area contributed by atoms with E-state index < -0.39 is 5.97 Å². The van der Waals surface area contributed by atoms with Gasteiger partial charge in [-0.2, -0.15) is 0 Å². The Bertz CT molecular complexity index is 699. The van der Waals surface area contributed by atoms with Crippen molar-refractivity contribution in [3.05, 3.63) is 52.0 Å². The summed E-state index contributed by atoms with van der Waals surface area (Å²) in [5.41, 5.74) is 1.29. The summed E-state index contributed by atoms with van der Waals surface area (Å²) >= 11 is 3.43.